The fourth-order valence-corrected chi connectivity index (χ4v) is 15.8. The van der Waals surface area contributed by atoms with Crippen molar-refractivity contribution < 1.29 is 102 Å². The number of aliphatic hydroxyl groups excluding tert-OH is 5. The van der Waals surface area contributed by atoms with Gasteiger partial charge in [0, 0.05) is 60.6 Å². The highest BCUT2D eigenvalue weighted by molar-refractivity contribution is 6.02. The highest BCUT2D eigenvalue weighted by atomic mass is 16.7. The Labute approximate surface area is 493 Å². The first-order valence-electron chi connectivity index (χ1n) is 29.4. The molecule has 25 heteroatoms. The lowest BCUT2D eigenvalue weighted by Crippen LogP contribution is -2.63. The average Bonchev–Trinajstić information content (AvgIpc) is 1.48. The number of hydrogen-bond donors (Lipinski definition) is 9. The van der Waals surface area contributed by atoms with Crippen molar-refractivity contribution in [1.29, 1.82) is 0 Å². The standard InChI is InChI=1S/C61H72N4O21/c1-58-17-15-36(67)21-34(58)8-9-37-38-22-43-61(42(69)28-66,59(38,2)27-40(68)49(37)58)85-55(83-43)33-6-3-30(4-7-33)19-32-23-60(24-32)25-35(26-60)63-57(80)81-29-31-5-10-41(82-56-52(77)50(75)51(76)53(84-56)54(78)79)39(20-31)64-45(71)16-18-62-44(70)11-14-48(74)86-65-46(72)12-13-47(65)73/h3-7,10,15,17,20-21,32,35,37-38,40,43,49-53,55-56,66,68,75-77H,8-9,11-14,16,18-19,22-29H2,1-2H3,(H,62,70)(H,63,80)(H,64,71)(H,78,79)/t32?,35?,37-,38-,40-,43+,49+,50-,51-,52+,53-,55+,56+,58-,59-,60?,61+/m0/s1. The van der Waals surface area contributed by atoms with E-state index in [1.807, 2.05) is 37.3 Å². The molecule has 0 bridgehead atoms. The number of nitrogens with zero attached hydrogens (tertiary/aromatic N) is 1. The zero-order chi connectivity index (χ0) is 61.2. The number of aliphatic hydroxyl groups is 5. The largest absolute Gasteiger partial charge is 0.479 e. The van der Waals surface area contributed by atoms with Crippen LogP contribution in [-0.2, 0) is 75.2 Å². The molecule has 14 atom stereocenters. The van der Waals surface area contributed by atoms with Gasteiger partial charge in [-0.2, -0.15) is 0 Å². The van der Waals surface area contributed by atoms with E-state index < -0.39 is 126 Å². The van der Waals surface area contributed by atoms with E-state index in [0.717, 1.165) is 61.6 Å². The number of rotatable bonds is 19. The van der Waals surface area contributed by atoms with E-state index in [4.69, 9.17) is 28.5 Å². The van der Waals surface area contributed by atoms with Crippen LogP contribution in [0.3, 0.4) is 0 Å². The number of imide groups is 1. The van der Waals surface area contributed by atoms with Gasteiger partial charge in [0.25, 0.3) is 11.8 Å². The molecule has 2 aromatic carbocycles. The topological polar surface area (TPSA) is 370 Å². The summed E-state index contributed by atoms with van der Waals surface area (Å²) in [6.07, 6.45) is -2.15. The summed E-state index contributed by atoms with van der Waals surface area (Å²) in [6.45, 7) is 2.90. The number of nitrogens with one attached hydrogen (secondary N) is 3. The van der Waals surface area contributed by atoms with Crippen LogP contribution in [-0.4, -0.2) is 157 Å². The van der Waals surface area contributed by atoms with Gasteiger partial charge in [-0.25, -0.2) is 14.4 Å². The zero-order valence-electron chi connectivity index (χ0n) is 47.6. The summed E-state index contributed by atoms with van der Waals surface area (Å²) in [6, 6.07) is 12.0. The number of benzene rings is 2. The summed E-state index contributed by atoms with van der Waals surface area (Å²) in [5.74, 6) is -5.67. The van der Waals surface area contributed by atoms with E-state index in [2.05, 4.69) is 22.9 Å². The smallest absolute Gasteiger partial charge is 0.407 e. The molecule has 11 rings (SSSR count). The van der Waals surface area contributed by atoms with Gasteiger partial charge in [-0.05, 0) is 116 Å². The van der Waals surface area contributed by atoms with Gasteiger partial charge in [-0.1, -0.05) is 55.8 Å². The van der Waals surface area contributed by atoms with Crippen molar-refractivity contribution in [2.45, 2.75) is 171 Å². The minimum atomic E-state index is -2.00. The molecule has 8 fully saturated rings. The Kier molecular flexibility index (Phi) is 16.7. The number of anilines is 1. The summed E-state index contributed by atoms with van der Waals surface area (Å²) >= 11 is 0. The fourth-order valence-electron chi connectivity index (χ4n) is 15.8. The molecule has 0 radical (unpaired) electrons. The van der Waals surface area contributed by atoms with Gasteiger partial charge in [0.1, 0.15) is 37.3 Å². The third-order valence-electron chi connectivity index (χ3n) is 19.9. The van der Waals surface area contributed by atoms with Crippen LogP contribution in [0.4, 0.5) is 10.5 Å². The van der Waals surface area contributed by atoms with Crippen molar-refractivity contribution in [3.05, 3.63) is 83.0 Å². The Hall–Kier alpha value is -6.97. The maximum Gasteiger partial charge on any atom is 0.407 e. The molecule has 0 aromatic heterocycles. The average molecular weight is 1200 g/mol. The number of carbonyl (C=O) groups excluding carboxylic acids is 8. The number of Topliss-reactive ketones (excluding diaryl/α,β-unsaturated/α-hetero) is 1. The summed E-state index contributed by atoms with van der Waals surface area (Å²) in [4.78, 5) is 117. The van der Waals surface area contributed by atoms with Crippen LogP contribution in [0.1, 0.15) is 120 Å². The second-order valence-corrected chi connectivity index (χ2v) is 25.3. The number of allylic oxidation sites excluding steroid dienone is 4. The number of hydrogen-bond acceptors (Lipinski definition) is 20. The van der Waals surface area contributed by atoms with Gasteiger partial charge >= 0.3 is 18.0 Å². The molecular weight excluding hydrogens is 1120 g/mol. The van der Waals surface area contributed by atoms with E-state index in [9.17, 15) is 73.8 Å². The van der Waals surface area contributed by atoms with Gasteiger partial charge in [0.2, 0.25) is 18.1 Å². The van der Waals surface area contributed by atoms with Crippen molar-refractivity contribution in [2.24, 2.45) is 39.9 Å². The van der Waals surface area contributed by atoms with Crippen LogP contribution < -0.4 is 20.7 Å². The minimum Gasteiger partial charge on any atom is -0.479 e. The molecule has 5 amide bonds. The Morgan fingerprint density at radius 3 is 2.24 bits per heavy atom. The van der Waals surface area contributed by atoms with Crippen LogP contribution >= 0.6 is 0 Å². The molecular formula is C61H72N4O21. The minimum absolute atomic E-state index is 0.0162. The van der Waals surface area contributed by atoms with Crippen molar-refractivity contribution in [1.82, 2.24) is 15.7 Å². The van der Waals surface area contributed by atoms with Crippen molar-refractivity contribution in [3.8, 4) is 5.75 Å². The lowest BCUT2D eigenvalue weighted by molar-refractivity contribution is -0.271. The number of amides is 5. The predicted octanol–water partition coefficient (Wildman–Crippen LogP) is 2.42. The molecule has 9 aliphatic rings. The molecule has 5 saturated carbocycles. The first kappa shape index (κ1) is 60.7. The SMILES string of the molecule is C[C@]12C=CC(=O)C=C1CC[C@@H]1[C@@H]2[C@@H](O)C[C@@]2(C)[C@H]1C[C@H]1O[C@@H](c3ccc(CC4CC5(C4)CC(NC(=O)OCc4ccc(O[C@@H]6O[C@H](C(=O)O)[C@@H](O)[C@H](O)[C@H]6O)c(NC(=O)CCNC(=O)CCC(=O)ON6C(=O)CCC6=O)c4)C5)cc3)O[C@]12C(=O)CO. The van der Waals surface area contributed by atoms with Crippen LogP contribution in [0.2, 0.25) is 0 Å². The first-order valence-corrected chi connectivity index (χ1v) is 29.4. The predicted molar refractivity (Wildman–Crippen MR) is 293 cm³/mol. The number of fused-ring (bicyclic) bond motifs is 7. The van der Waals surface area contributed by atoms with Crippen molar-refractivity contribution >= 4 is 58.9 Å². The van der Waals surface area contributed by atoms with Crippen LogP contribution in [0.15, 0.2) is 66.3 Å². The molecule has 3 saturated heterocycles. The Bertz CT molecular complexity index is 3120. The lowest BCUT2D eigenvalue weighted by atomic mass is 9.46. The number of aliphatic carboxylic acids is 1. The van der Waals surface area contributed by atoms with E-state index in [0.29, 0.717) is 29.4 Å². The number of ketones is 2. The second-order valence-electron chi connectivity index (χ2n) is 25.3. The second kappa shape index (κ2) is 23.6. The highest BCUT2D eigenvalue weighted by Crippen LogP contribution is 2.70. The fraction of sp³-hybridized carbons (Fsp3) is 0.590. The Balaban J connectivity index is 0.645. The van der Waals surface area contributed by atoms with Crippen molar-refractivity contribution in [2.75, 3.05) is 18.5 Å². The van der Waals surface area contributed by atoms with Gasteiger partial charge in [-0.3, -0.25) is 28.8 Å². The monoisotopic (exact) mass is 1200 g/mol. The number of carbonyl (C=O) groups is 9. The Morgan fingerprint density at radius 1 is 0.814 bits per heavy atom. The molecule has 9 N–H and O–H groups in total. The number of carboxylic acids is 1. The molecule has 0 unspecified atom stereocenters. The molecule has 1 spiro atoms. The van der Waals surface area contributed by atoms with Gasteiger partial charge in [0.05, 0.1) is 24.3 Å². The van der Waals surface area contributed by atoms with Gasteiger partial charge < -0.3 is 75.1 Å². The summed E-state index contributed by atoms with van der Waals surface area (Å²) < 4.78 is 30.0. The zero-order valence-corrected chi connectivity index (χ0v) is 47.6. The molecule has 3 heterocycles. The third kappa shape index (κ3) is 11.2. The van der Waals surface area contributed by atoms with E-state index in [1.165, 1.54) is 18.2 Å². The van der Waals surface area contributed by atoms with E-state index in [1.54, 1.807) is 12.2 Å². The maximum atomic E-state index is 14.0. The van der Waals surface area contributed by atoms with Crippen molar-refractivity contribution in [3.63, 3.8) is 0 Å². The molecule has 462 valence electrons. The number of ether oxygens (including phenoxy) is 5. The third-order valence-corrected chi connectivity index (χ3v) is 19.9. The van der Waals surface area contributed by atoms with Gasteiger partial charge in [-0.15, -0.1) is 5.06 Å². The summed E-state index contributed by atoms with van der Waals surface area (Å²) in [5, 5.41) is 71.5. The molecule has 25 nitrogen and oxygen atoms in total. The molecule has 86 heavy (non-hydrogen) atoms. The molecule has 6 aliphatic carbocycles. The normalized spacial score (nSPS) is 36.5. The van der Waals surface area contributed by atoms with Crippen LogP contribution in [0, 0.1) is 39.9 Å². The molecule has 3 aliphatic heterocycles. The number of alkyl carbamates (subject to hydrolysis) is 1. The molecule has 2 aromatic rings. The lowest BCUT2D eigenvalue weighted by Gasteiger charge is -2.59. The number of carboxylic acid groups (broad SMARTS) is 1. The van der Waals surface area contributed by atoms with Crippen LogP contribution in [0.5, 0.6) is 5.75 Å². The first-order chi connectivity index (χ1) is 40.9. The Morgan fingerprint density at radius 2 is 1.53 bits per heavy atom. The van der Waals surface area contributed by atoms with Gasteiger partial charge in [0.15, 0.2) is 29.6 Å². The van der Waals surface area contributed by atoms with E-state index in [-0.39, 0.29) is 85.3 Å². The maximum absolute atomic E-state index is 14.0. The summed E-state index contributed by atoms with van der Waals surface area (Å²) in [7, 11) is 0. The van der Waals surface area contributed by atoms with Crippen LogP contribution in [0.25, 0.3) is 0 Å². The summed E-state index contributed by atoms with van der Waals surface area (Å²) in [5.41, 5.74) is 0.552. The number of hydroxylamine groups is 2. The highest BCUT2D eigenvalue weighted by Gasteiger charge is 2.76. The van der Waals surface area contributed by atoms with E-state index >= 15 is 0 Å². The quantitative estimate of drug-likeness (QED) is 0.0912.